The maximum atomic E-state index is 13.8. The van der Waals surface area contributed by atoms with E-state index in [1.807, 2.05) is 0 Å². The summed E-state index contributed by atoms with van der Waals surface area (Å²) in [5.74, 6) is -10.9. The van der Waals surface area contributed by atoms with Gasteiger partial charge in [-0.15, -0.1) is 0 Å². The summed E-state index contributed by atoms with van der Waals surface area (Å²) in [6.45, 7) is 4.69. The van der Waals surface area contributed by atoms with Gasteiger partial charge in [0.1, 0.15) is 46.0 Å². The highest BCUT2D eigenvalue weighted by molar-refractivity contribution is 6.22. The molecule has 0 radical (unpaired) electrons. The summed E-state index contributed by atoms with van der Waals surface area (Å²) >= 11 is 0. The van der Waals surface area contributed by atoms with Crippen molar-refractivity contribution in [2.24, 2.45) is 0 Å². The first-order valence-corrected chi connectivity index (χ1v) is 12.9. The number of hydrogen-bond donors (Lipinski definition) is 8. The number of benzene rings is 4. The number of rotatable bonds is 0. The predicted molar refractivity (Wildman–Crippen MR) is 152 cm³/mol. The molecule has 12 heteroatoms. The Bertz CT molecular complexity index is 1640. The predicted octanol–water partition coefficient (Wildman–Crippen LogP) is 3.80. The van der Waals surface area contributed by atoms with E-state index < -0.39 is 114 Å². The minimum absolute atomic E-state index is 0.349. The Morgan fingerprint density at radius 3 is 0.523 bits per heavy atom. The average molecular weight is 601 g/mol. The Morgan fingerprint density at radius 1 is 0.295 bits per heavy atom. The second-order valence-corrected chi connectivity index (χ2v) is 10.5. The van der Waals surface area contributed by atoms with Crippen LogP contribution in [0.15, 0.2) is 24.3 Å². The number of fused-ring (bicyclic) bond motifs is 8. The molecule has 8 bridgehead atoms. The van der Waals surface area contributed by atoms with E-state index in [0.717, 1.165) is 24.3 Å². The van der Waals surface area contributed by atoms with Crippen LogP contribution >= 0.6 is 0 Å². The summed E-state index contributed by atoms with van der Waals surface area (Å²) in [6.07, 6.45) is 0. The lowest BCUT2D eigenvalue weighted by atomic mass is 9.86. The van der Waals surface area contributed by atoms with Crippen molar-refractivity contribution in [2.75, 3.05) is 0 Å². The molecule has 1 aliphatic carbocycles. The van der Waals surface area contributed by atoms with Gasteiger partial charge in [0.2, 0.25) is 23.1 Å². The van der Waals surface area contributed by atoms with Crippen LogP contribution in [0, 0.1) is 27.7 Å². The first-order valence-electron chi connectivity index (χ1n) is 12.9. The van der Waals surface area contributed by atoms with Crippen LogP contribution < -0.4 is 0 Å². The first kappa shape index (κ1) is 29.5. The van der Waals surface area contributed by atoms with E-state index in [1.165, 1.54) is 27.7 Å². The number of phenols is 8. The molecule has 44 heavy (non-hydrogen) atoms. The zero-order chi connectivity index (χ0) is 32.7. The van der Waals surface area contributed by atoms with E-state index in [2.05, 4.69) is 0 Å². The van der Waals surface area contributed by atoms with Crippen LogP contribution in [0.3, 0.4) is 0 Å². The zero-order valence-electron chi connectivity index (χ0n) is 23.5. The number of phenolic OH excluding ortho intramolecular Hbond substituents is 8. The van der Waals surface area contributed by atoms with Crippen LogP contribution in [0.1, 0.15) is 85.9 Å². The third-order valence-corrected chi connectivity index (χ3v) is 7.99. The fraction of sp³-hybridized carbons (Fsp3) is 0.125. The molecule has 0 spiro atoms. The van der Waals surface area contributed by atoms with Gasteiger partial charge >= 0.3 is 0 Å². The minimum Gasteiger partial charge on any atom is -0.507 e. The minimum atomic E-state index is -1.14. The Morgan fingerprint density at radius 2 is 0.409 bits per heavy atom. The van der Waals surface area contributed by atoms with Crippen LogP contribution in [0.2, 0.25) is 0 Å². The van der Waals surface area contributed by atoms with Crippen molar-refractivity contribution >= 4 is 23.1 Å². The molecule has 0 unspecified atom stereocenters. The van der Waals surface area contributed by atoms with E-state index in [9.17, 15) is 60.0 Å². The van der Waals surface area contributed by atoms with Crippen molar-refractivity contribution in [1.29, 1.82) is 0 Å². The summed E-state index contributed by atoms with van der Waals surface area (Å²) in [7, 11) is 0. The second kappa shape index (κ2) is 9.76. The van der Waals surface area contributed by atoms with Gasteiger partial charge in [-0.3, -0.25) is 19.2 Å². The molecule has 1 aliphatic rings. The maximum Gasteiger partial charge on any atom is 0.200 e. The smallest absolute Gasteiger partial charge is 0.200 e. The van der Waals surface area contributed by atoms with E-state index in [-0.39, 0.29) is 22.3 Å². The standard InChI is InChI=1S/C32H24O12/c1-9-21(33)13-5-14(22(9)34)30(42)16-7-18(26(38)11(3)24(16)36)32(44)20-8-19(27(39)12(4)28(20)40)31(43)17-6-15(29(13)41)23(35)10(2)25(17)37/h5-8,33-40H,1-4H3. The number of ketones is 4. The highest BCUT2D eigenvalue weighted by Gasteiger charge is 2.33. The van der Waals surface area contributed by atoms with Gasteiger partial charge in [0, 0.05) is 22.3 Å². The number of aromatic hydroxyl groups is 8. The Balaban J connectivity index is 2.00. The topological polar surface area (TPSA) is 230 Å². The molecule has 4 aromatic carbocycles. The maximum absolute atomic E-state index is 13.8. The molecular formula is C32H24O12. The lowest BCUT2D eigenvalue weighted by Crippen LogP contribution is -2.14. The van der Waals surface area contributed by atoms with Crippen molar-refractivity contribution < 1.29 is 60.0 Å². The van der Waals surface area contributed by atoms with Gasteiger partial charge in [-0.1, -0.05) is 0 Å². The van der Waals surface area contributed by atoms with Crippen molar-refractivity contribution in [3.05, 3.63) is 91.0 Å². The molecule has 8 N–H and O–H groups in total. The highest BCUT2D eigenvalue weighted by Crippen LogP contribution is 2.44. The van der Waals surface area contributed by atoms with Crippen LogP contribution in [0.25, 0.3) is 0 Å². The van der Waals surface area contributed by atoms with Crippen LogP contribution in [-0.2, 0) is 0 Å². The van der Waals surface area contributed by atoms with Crippen molar-refractivity contribution in [3.8, 4) is 46.0 Å². The zero-order valence-corrected chi connectivity index (χ0v) is 23.5. The van der Waals surface area contributed by atoms with Gasteiger partial charge in [-0.05, 0) is 52.0 Å². The molecule has 0 atom stereocenters. The molecule has 0 fully saturated rings. The van der Waals surface area contributed by atoms with Gasteiger partial charge in [-0.2, -0.15) is 0 Å². The summed E-state index contributed by atoms with van der Waals surface area (Å²) < 4.78 is 0. The molecule has 4 aromatic rings. The summed E-state index contributed by atoms with van der Waals surface area (Å²) in [4.78, 5) is 55.0. The molecule has 5 rings (SSSR count). The molecule has 12 nitrogen and oxygen atoms in total. The van der Waals surface area contributed by atoms with Gasteiger partial charge in [0.15, 0.2) is 0 Å². The average Bonchev–Trinajstić information content (AvgIpc) is 2.99. The van der Waals surface area contributed by atoms with Crippen molar-refractivity contribution in [3.63, 3.8) is 0 Å². The van der Waals surface area contributed by atoms with Crippen LogP contribution in [0.5, 0.6) is 46.0 Å². The third-order valence-electron chi connectivity index (χ3n) is 7.99. The molecular weight excluding hydrogens is 576 g/mol. The Kier molecular flexibility index (Phi) is 6.54. The molecule has 0 aromatic heterocycles. The van der Waals surface area contributed by atoms with E-state index in [0.29, 0.717) is 0 Å². The van der Waals surface area contributed by atoms with E-state index in [4.69, 9.17) is 0 Å². The summed E-state index contributed by atoms with van der Waals surface area (Å²) in [5.41, 5.74) is -6.35. The molecule has 0 saturated heterocycles. The summed E-state index contributed by atoms with van der Waals surface area (Å²) in [6, 6.07) is 3.13. The van der Waals surface area contributed by atoms with Crippen LogP contribution in [0.4, 0.5) is 0 Å². The molecule has 0 amide bonds. The molecule has 224 valence electrons. The Hall–Kier alpha value is -6.04. The van der Waals surface area contributed by atoms with Gasteiger partial charge in [-0.25, -0.2) is 0 Å². The second-order valence-electron chi connectivity index (χ2n) is 10.5. The third kappa shape index (κ3) is 3.91. The van der Waals surface area contributed by atoms with Crippen LogP contribution in [-0.4, -0.2) is 64.0 Å². The van der Waals surface area contributed by atoms with Gasteiger partial charge < -0.3 is 40.9 Å². The van der Waals surface area contributed by atoms with E-state index >= 15 is 0 Å². The quantitative estimate of drug-likeness (QED) is 0.127. The van der Waals surface area contributed by atoms with Crippen molar-refractivity contribution in [2.45, 2.75) is 27.7 Å². The van der Waals surface area contributed by atoms with Crippen molar-refractivity contribution in [1.82, 2.24) is 0 Å². The highest BCUT2D eigenvalue weighted by atomic mass is 16.3. The largest absolute Gasteiger partial charge is 0.507 e. The summed E-state index contributed by atoms with van der Waals surface area (Å²) in [5, 5.41) is 86.4. The normalized spacial score (nSPS) is 13.0. The molecule has 0 heterocycles. The van der Waals surface area contributed by atoms with Gasteiger partial charge in [0.05, 0.1) is 44.5 Å². The lowest BCUT2D eigenvalue weighted by molar-refractivity contribution is 0.102. The Labute approximate surface area is 248 Å². The number of carbonyl (C=O) groups is 4. The molecule has 0 aliphatic heterocycles. The van der Waals surface area contributed by atoms with Gasteiger partial charge in [0.25, 0.3) is 0 Å². The first-order chi connectivity index (χ1) is 20.5. The van der Waals surface area contributed by atoms with E-state index in [1.54, 1.807) is 0 Å². The SMILES string of the molecule is Cc1c(O)c2cc(c1O)C(=O)c1cc(c(O)c(C)c1O)C(=O)c1cc(c(O)c(C)c1O)C(=O)c1cc(c(O)c(C)c1O)C2=O. The number of hydrogen-bond acceptors (Lipinski definition) is 12. The molecule has 0 saturated carbocycles. The number of carbonyl (C=O) groups excluding carboxylic acids is 4. The monoisotopic (exact) mass is 600 g/mol. The fourth-order valence-electron chi connectivity index (χ4n) is 5.15. The fourth-order valence-corrected chi connectivity index (χ4v) is 5.15. The lowest BCUT2D eigenvalue weighted by Gasteiger charge is -2.18.